The van der Waals surface area contributed by atoms with Gasteiger partial charge in [-0.25, -0.2) is 4.98 Å². The monoisotopic (exact) mass is 376 g/mol. The lowest BCUT2D eigenvalue weighted by atomic mass is 10.2. The molecule has 0 unspecified atom stereocenters. The predicted octanol–water partition coefficient (Wildman–Crippen LogP) is 3.41. The molecule has 144 valence electrons. The molecule has 6 nitrogen and oxygen atoms in total. The topological polar surface area (TPSA) is 67.3 Å². The van der Waals surface area contributed by atoms with Gasteiger partial charge in [-0.1, -0.05) is 12.1 Å². The van der Waals surface area contributed by atoms with Crippen molar-refractivity contribution in [2.45, 2.75) is 13.0 Å². The van der Waals surface area contributed by atoms with Crippen molar-refractivity contribution < 1.29 is 9.53 Å². The second-order valence-electron chi connectivity index (χ2n) is 6.47. The first kappa shape index (κ1) is 19.4. The van der Waals surface area contributed by atoms with Crippen LogP contribution in [0.2, 0.25) is 0 Å². The van der Waals surface area contributed by atoms with E-state index < -0.39 is 0 Å². The molecule has 2 heterocycles. The number of benzene rings is 1. The summed E-state index contributed by atoms with van der Waals surface area (Å²) in [7, 11) is 3.45. The highest BCUT2D eigenvalue weighted by Gasteiger charge is 2.12. The zero-order valence-corrected chi connectivity index (χ0v) is 16.1. The molecule has 0 aliphatic rings. The lowest BCUT2D eigenvalue weighted by Gasteiger charge is -2.17. The van der Waals surface area contributed by atoms with Crippen LogP contribution in [-0.4, -0.2) is 41.5 Å². The van der Waals surface area contributed by atoms with Crippen LogP contribution < -0.4 is 10.1 Å². The molecule has 0 radical (unpaired) electrons. The molecule has 1 aromatic carbocycles. The molecule has 0 saturated carbocycles. The van der Waals surface area contributed by atoms with Crippen molar-refractivity contribution in [2.24, 2.45) is 0 Å². The van der Waals surface area contributed by atoms with Gasteiger partial charge in [0.15, 0.2) is 0 Å². The molecule has 1 N–H and O–H groups in total. The summed E-state index contributed by atoms with van der Waals surface area (Å²) in [6, 6.07) is 15.4. The largest absolute Gasteiger partial charge is 0.497 e. The van der Waals surface area contributed by atoms with Gasteiger partial charge >= 0.3 is 0 Å². The maximum absolute atomic E-state index is 12.6. The summed E-state index contributed by atoms with van der Waals surface area (Å²) >= 11 is 0. The van der Waals surface area contributed by atoms with Crippen LogP contribution in [0, 0.1) is 0 Å². The first-order valence-corrected chi connectivity index (χ1v) is 9.13. The van der Waals surface area contributed by atoms with Gasteiger partial charge in [0.05, 0.1) is 12.7 Å². The highest BCUT2D eigenvalue weighted by molar-refractivity contribution is 5.93. The third-order valence-corrected chi connectivity index (χ3v) is 4.48. The number of aromatic nitrogens is 2. The fourth-order valence-corrected chi connectivity index (χ4v) is 2.73. The zero-order chi connectivity index (χ0) is 19.8. The SMILES string of the molecule is COc1ccc(CNc2ccc(C(=O)N(C)CCc3ccncc3)cn2)cc1. The second-order valence-corrected chi connectivity index (χ2v) is 6.47. The summed E-state index contributed by atoms with van der Waals surface area (Å²) < 4.78 is 5.16. The zero-order valence-electron chi connectivity index (χ0n) is 16.1. The number of rotatable bonds is 8. The van der Waals surface area contributed by atoms with Crippen LogP contribution in [0.5, 0.6) is 5.75 Å². The lowest BCUT2D eigenvalue weighted by Crippen LogP contribution is -2.29. The Morgan fingerprint density at radius 3 is 2.43 bits per heavy atom. The van der Waals surface area contributed by atoms with Gasteiger partial charge < -0.3 is 15.0 Å². The summed E-state index contributed by atoms with van der Waals surface area (Å²) in [4.78, 5) is 22.6. The van der Waals surface area contributed by atoms with Crippen molar-refractivity contribution in [1.82, 2.24) is 14.9 Å². The molecule has 3 rings (SSSR count). The predicted molar refractivity (Wildman–Crippen MR) is 109 cm³/mol. The first-order valence-electron chi connectivity index (χ1n) is 9.13. The summed E-state index contributed by atoms with van der Waals surface area (Å²) in [5, 5.41) is 3.26. The minimum atomic E-state index is -0.0386. The van der Waals surface area contributed by atoms with Crippen LogP contribution in [0.25, 0.3) is 0 Å². The van der Waals surface area contributed by atoms with Crippen LogP contribution in [0.3, 0.4) is 0 Å². The Labute approximate surface area is 165 Å². The van der Waals surface area contributed by atoms with Gasteiger partial charge in [0, 0.05) is 38.7 Å². The summed E-state index contributed by atoms with van der Waals surface area (Å²) in [5.74, 6) is 1.52. The van der Waals surface area contributed by atoms with Crippen LogP contribution >= 0.6 is 0 Å². The normalized spacial score (nSPS) is 10.4. The molecule has 28 heavy (non-hydrogen) atoms. The van der Waals surface area contributed by atoms with Crippen LogP contribution in [0.15, 0.2) is 67.1 Å². The smallest absolute Gasteiger partial charge is 0.255 e. The molecule has 0 bridgehead atoms. The molecule has 6 heteroatoms. The van der Waals surface area contributed by atoms with E-state index in [1.807, 2.05) is 42.5 Å². The van der Waals surface area contributed by atoms with Crippen molar-refractivity contribution in [1.29, 1.82) is 0 Å². The number of nitrogens with zero attached hydrogens (tertiary/aromatic N) is 3. The number of nitrogens with one attached hydrogen (secondary N) is 1. The van der Waals surface area contributed by atoms with Gasteiger partial charge in [-0.2, -0.15) is 0 Å². The van der Waals surface area contributed by atoms with E-state index in [4.69, 9.17) is 4.74 Å². The van der Waals surface area contributed by atoms with E-state index in [2.05, 4.69) is 15.3 Å². The summed E-state index contributed by atoms with van der Waals surface area (Å²) in [5.41, 5.74) is 2.86. The van der Waals surface area contributed by atoms with Gasteiger partial charge in [-0.3, -0.25) is 9.78 Å². The number of hydrogen-bond acceptors (Lipinski definition) is 5. The number of anilines is 1. The maximum Gasteiger partial charge on any atom is 0.255 e. The number of carbonyl (C=O) groups is 1. The molecule has 3 aromatic rings. The Kier molecular flexibility index (Phi) is 6.57. The fraction of sp³-hybridized carbons (Fsp3) is 0.227. The van der Waals surface area contributed by atoms with E-state index >= 15 is 0 Å². The van der Waals surface area contributed by atoms with Crippen molar-refractivity contribution in [3.05, 3.63) is 83.8 Å². The molecule has 0 atom stereocenters. The summed E-state index contributed by atoms with van der Waals surface area (Å²) in [6.07, 6.45) is 5.93. The van der Waals surface area contributed by atoms with Gasteiger partial charge in [0.2, 0.25) is 0 Å². The van der Waals surface area contributed by atoms with E-state index in [1.54, 1.807) is 43.7 Å². The number of methoxy groups -OCH3 is 1. The van der Waals surface area contributed by atoms with E-state index in [0.29, 0.717) is 18.7 Å². The molecule has 2 aromatic heterocycles. The van der Waals surface area contributed by atoms with Crippen molar-refractivity contribution in [3.8, 4) is 5.75 Å². The molecule has 0 aliphatic heterocycles. The Morgan fingerprint density at radius 2 is 1.79 bits per heavy atom. The van der Waals surface area contributed by atoms with E-state index in [1.165, 1.54) is 0 Å². The number of hydrogen-bond donors (Lipinski definition) is 1. The van der Waals surface area contributed by atoms with Crippen LogP contribution in [0.1, 0.15) is 21.5 Å². The average molecular weight is 376 g/mol. The van der Waals surface area contributed by atoms with Gasteiger partial charge in [0.1, 0.15) is 11.6 Å². The van der Waals surface area contributed by atoms with Gasteiger partial charge in [0.25, 0.3) is 5.91 Å². The molecule has 0 saturated heterocycles. The van der Waals surface area contributed by atoms with E-state index in [9.17, 15) is 4.79 Å². The Bertz CT molecular complexity index is 881. The third-order valence-electron chi connectivity index (χ3n) is 4.48. The average Bonchev–Trinajstić information content (AvgIpc) is 2.77. The number of ether oxygens (including phenoxy) is 1. The number of pyridine rings is 2. The Morgan fingerprint density at radius 1 is 1.04 bits per heavy atom. The fourth-order valence-electron chi connectivity index (χ4n) is 2.73. The third kappa shape index (κ3) is 5.30. The molecule has 0 fully saturated rings. The van der Waals surface area contributed by atoms with E-state index in [-0.39, 0.29) is 5.91 Å². The molecule has 0 aliphatic carbocycles. The van der Waals surface area contributed by atoms with Crippen molar-refractivity contribution in [3.63, 3.8) is 0 Å². The highest BCUT2D eigenvalue weighted by Crippen LogP contribution is 2.13. The molecule has 1 amide bonds. The van der Waals surface area contributed by atoms with Crippen LogP contribution in [0.4, 0.5) is 5.82 Å². The quantitative estimate of drug-likeness (QED) is 0.653. The maximum atomic E-state index is 12.6. The van der Waals surface area contributed by atoms with Crippen LogP contribution in [-0.2, 0) is 13.0 Å². The number of carbonyl (C=O) groups excluding carboxylic acids is 1. The number of likely N-dealkylation sites (N-methyl/N-ethyl adjacent to an activating group) is 1. The molecule has 0 spiro atoms. The van der Waals surface area contributed by atoms with Gasteiger partial charge in [-0.05, 0) is 53.9 Å². The van der Waals surface area contributed by atoms with E-state index in [0.717, 1.165) is 29.1 Å². The Balaban J connectivity index is 1.51. The lowest BCUT2D eigenvalue weighted by molar-refractivity contribution is 0.0796. The minimum absolute atomic E-state index is 0.0386. The standard InChI is InChI=1S/C22H24N4O2/c1-26(14-11-17-9-12-23-13-10-17)22(27)19-5-8-21(25-16-19)24-15-18-3-6-20(28-2)7-4-18/h3-10,12-13,16H,11,14-15H2,1-2H3,(H,24,25). The molecular weight excluding hydrogens is 352 g/mol. The van der Waals surface area contributed by atoms with Crippen molar-refractivity contribution in [2.75, 3.05) is 26.0 Å². The van der Waals surface area contributed by atoms with Crippen molar-refractivity contribution >= 4 is 11.7 Å². The Hall–Kier alpha value is -3.41. The minimum Gasteiger partial charge on any atom is -0.497 e. The first-order chi connectivity index (χ1) is 13.7. The molecular formula is C22H24N4O2. The highest BCUT2D eigenvalue weighted by atomic mass is 16.5. The van der Waals surface area contributed by atoms with Gasteiger partial charge in [-0.15, -0.1) is 0 Å². The summed E-state index contributed by atoms with van der Waals surface area (Å²) in [6.45, 7) is 1.29. The second kappa shape index (κ2) is 9.50. The number of amides is 1.